The predicted molar refractivity (Wildman–Crippen MR) is 87.6 cm³/mol. The van der Waals surface area contributed by atoms with Crippen LogP contribution in [0.5, 0.6) is 5.75 Å². The fraction of sp³-hybridized carbons (Fsp3) is 0.250. The summed E-state index contributed by atoms with van der Waals surface area (Å²) in [5, 5.41) is 3.38. The van der Waals surface area contributed by atoms with Crippen LogP contribution in [-0.2, 0) is 0 Å². The van der Waals surface area contributed by atoms with Crippen molar-refractivity contribution in [3.63, 3.8) is 0 Å². The normalized spacial score (nSPS) is 12.2. The molecule has 1 unspecified atom stereocenters. The Balaban J connectivity index is 2.50. The van der Waals surface area contributed by atoms with Crippen LogP contribution in [0.4, 0.5) is 4.39 Å². The highest BCUT2D eigenvalue weighted by Gasteiger charge is 2.20. The van der Waals surface area contributed by atoms with Crippen molar-refractivity contribution in [1.29, 1.82) is 0 Å². The Hall–Kier alpha value is -1.10. The van der Waals surface area contributed by atoms with Crippen LogP contribution in [0.1, 0.15) is 24.1 Å². The molecule has 0 bridgehead atoms. The molecule has 0 spiro atoms. The molecule has 0 aliphatic rings. The summed E-state index contributed by atoms with van der Waals surface area (Å²) < 4.78 is 20.3. The standard InChI is InChI=1S/C16H16BrClFNO/c1-3-20-16(10-5-4-6-11(9-10)21-2)12-7-8-13(17)14(18)15(12)19/h4-9,16,20H,3H2,1-2H3. The van der Waals surface area contributed by atoms with Gasteiger partial charge in [-0.15, -0.1) is 0 Å². The molecular weight excluding hydrogens is 357 g/mol. The molecule has 2 rings (SSSR count). The van der Waals surface area contributed by atoms with Crippen molar-refractivity contribution in [2.75, 3.05) is 13.7 Å². The summed E-state index contributed by atoms with van der Waals surface area (Å²) >= 11 is 9.23. The van der Waals surface area contributed by atoms with Crippen molar-refractivity contribution in [3.8, 4) is 5.75 Å². The van der Waals surface area contributed by atoms with E-state index in [2.05, 4.69) is 21.2 Å². The van der Waals surface area contributed by atoms with Crippen LogP contribution in [0.2, 0.25) is 5.02 Å². The lowest BCUT2D eigenvalue weighted by molar-refractivity contribution is 0.413. The number of nitrogens with one attached hydrogen (secondary N) is 1. The first kappa shape index (κ1) is 16.3. The van der Waals surface area contributed by atoms with Crippen LogP contribution in [-0.4, -0.2) is 13.7 Å². The summed E-state index contributed by atoms with van der Waals surface area (Å²) in [7, 11) is 1.61. The third-order valence-electron chi connectivity index (χ3n) is 3.21. The topological polar surface area (TPSA) is 21.3 Å². The number of ether oxygens (including phenoxy) is 1. The second-order valence-electron chi connectivity index (χ2n) is 4.53. The van der Waals surface area contributed by atoms with Gasteiger partial charge < -0.3 is 10.1 Å². The van der Waals surface area contributed by atoms with E-state index in [4.69, 9.17) is 16.3 Å². The predicted octanol–water partition coefficient (Wildman–Crippen LogP) is 4.95. The molecule has 1 atom stereocenters. The zero-order valence-corrected chi connectivity index (χ0v) is 14.1. The average molecular weight is 373 g/mol. The Morgan fingerprint density at radius 3 is 2.76 bits per heavy atom. The molecule has 0 radical (unpaired) electrons. The van der Waals surface area contributed by atoms with Crippen LogP contribution < -0.4 is 10.1 Å². The molecule has 0 saturated carbocycles. The molecule has 0 aliphatic heterocycles. The minimum atomic E-state index is -0.417. The van der Waals surface area contributed by atoms with Gasteiger partial charge in [-0.2, -0.15) is 0 Å². The lowest BCUT2D eigenvalue weighted by Crippen LogP contribution is -2.23. The van der Waals surface area contributed by atoms with Gasteiger partial charge in [0.2, 0.25) is 0 Å². The third kappa shape index (κ3) is 3.57. The molecular formula is C16H16BrClFNO. The molecule has 21 heavy (non-hydrogen) atoms. The lowest BCUT2D eigenvalue weighted by atomic mass is 9.98. The summed E-state index contributed by atoms with van der Waals surface area (Å²) in [5.41, 5.74) is 1.44. The highest BCUT2D eigenvalue weighted by molar-refractivity contribution is 9.10. The zero-order valence-electron chi connectivity index (χ0n) is 11.8. The molecule has 0 saturated heterocycles. The van der Waals surface area contributed by atoms with E-state index in [0.29, 0.717) is 16.6 Å². The number of hydrogen-bond acceptors (Lipinski definition) is 2. The number of rotatable bonds is 5. The first-order valence-electron chi connectivity index (χ1n) is 6.59. The van der Waals surface area contributed by atoms with E-state index in [1.54, 1.807) is 19.2 Å². The maximum Gasteiger partial charge on any atom is 0.148 e. The van der Waals surface area contributed by atoms with Crippen LogP contribution in [0.25, 0.3) is 0 Å². The Morgan fingerprint density at radius 1 is 1.33 bits per heavy atom. The number of halogens is 3. The summed E-state index contributed by atoms with van der Waals surface area (Å²) in [6.07, 6.45) is 0. The fourth-order valence-corrected chi connectivity index (χ4v) is 2.67. The third-order valence-corrected chi connectivity index (χ3v) is 4.47. The molecule has 2 aromatic rings. The minimum Gasteiger partial charge on any atom is -0.497 e. The highest BCUT2D eigenvalue weighted by Crippen LogP contribution is 2.33. The van der Waals surface area contributed by atoms with E-state index in [1.807, 2.05) is 31.2 Å². The zero-order chi connectivity index (χ0) is 15.4. The molecule has 0 aliphatic carbocycles. The molecule has 0 aromatic heterocycles. The number of benzene rings is 2. The van der Waals surface area contributed by atoms with Crippen LogP contribution in [0.15, 0.2) is 40.9 Å². The smallest absolute Gasteiger partial charge is 0.148 e. The van der Waals surface area contributed by atoms with Crippen LogP contribution >= 0.6 is 27.5 Å². The monoisotopic (exact) mass is 371 g/mol. The maximum atomic E-state index is 14.5. The summed E-state index contributed by atoms with van der Waals surface area (Å²) in [6.45, 7) is 2.68. The van der Waals surface area contributed by atoms with Gasteiger partial charge >= 0.3 is 0 Å². The molecule has 0 amide bonds. The first-order chi connectivity index (χ1) is 10.1. The van der Waals surface area contributed by atoms with Crippen LogP contribution in [0.3, 0.4) is 0 Å². The summed E-state index contributed by atoms with van der Waals surface area (Å²) in [5.74, 6) is 0.318. The van der Waals surface area contributed by atoms with Crippen molar-refractivity contribution < 1.29 is 9.13 Å². The molecule has 2 nitrogen and oxygen atoms in total. The molecule has 2 aromatic carbocycles. The van der Waals surface area contributed by atoms with E-state index in [1.165, 1.54) is 0 Å². The van der Waals surface area contributed by atoms with Gasteiger partial charge in [0.05, 0.1) is 18.2 Å². The minimum absolute atomic E-state index is 0.0956. The quantitative estimate of drug-likeness (QED) is 0.750. The Morgan fingerprint density at radius 2 is 2.10 bits per heavy atom. The molecule has 1 N–H and O–H groups in total. The molecule has 0 fully saturated rings. The molecule has 112 valence electrons. The number of hydrogen-bond donors (Lipinski definition) is 1. The summed E-state index contributed by atoms with van der Waals surface area (Å²) in [4.78, 5) is 0. The van der Waals surface area contributed by atoms with Crippen molar-refractivity contribution in [2.45, 2.75) is 13.0 Å². The Labute approximate surface area is 137 Å². The van der Waals surface area contributed by atoms with Crippen molar-refractivity contribution in [1.82, 2.24) is 5.32 Å². The van der Waals surface area contributed by atoms with Gasteiger partial charge in [-0.05, 0) is 46.2 Å². The second-order valence-corrected chi connectivity index (χ2v) is 5.76. The van der Waals surface area contributed by atoms with Crippen LogP contribution in [0, 0.1) is 5.82 Å². The first-order valence-corrected chi connectivity index (χ1v) is 7.76. The van der Waals surface area contributed by atoms with Crippen molar-refractivity contribution in [2.24, 2.45) is 0 Å². The fourth-order valence-electron chi connectivity index (χ4n) is 2.20. The van der Waals surface area contributed by atoms with E-state index < -0.39 is 5.82 Å². The Bertz CT molecular complexity index is 636. The molecule has 0 heterocycles. The van der Waals surface area contributed by atoms with Gasteiger partial charge in [0.15, 0.2) is 0 Å². The van der Waals surface area contributed by atoms with E-state index in [0.717, 1.165) is 11.3 Å². The largest absolute Gasteiger partial charge is 0.497 e. The van der Waals surface area contributed by atoms with Crippen molar-refractivity contribution >= 4 is 27.5 Å². The van der Waals surface area contributed by atoms with Gasteiger partial charge in [-0.25, -0.2) is 4.39 Å². The van der Waals surface area contributed by atoms with Crippen molar-refractivity contribution in [3.05, 3.63) is 62.8 Å². The highest BCUT2D eigenvalue weighted by atomic mass is 79.9. The Kier molecular flexibility index (Phi) is 5.62. The van der Waals surface area contributed by atoms with E-state index in [9.17, 15) is 4.39 Å². The van der Waals surface area contributed by atoms with Gasteiger partial charge in [-0.1, -0.05) is 36.7 Å². The van der Waals surface area contributed by atoms with E-state index in [-0.39, 0.29) is 11.1 Å². The average Bonchev–Trinajstić information content (AvgIpc) is 2.51. The lowest BCUT2D eigenvalue weighted by Gasteiger charge is -2.21. The maximum absolute atomic E-state index is 14.5. The number of methoxy groups -OCH3 is 1. The van der Waals surface area contributed by atoms with E-state index >= 15 is 0 Å². The van der Waals surface area contributed by atoms with Gasteiger partial charge in [0, 0.05) is 10.0 Å². The molecule has 5 heteroatoms. The summed E-state index contributed by atoms with van der Waals surface area (Å²) in [6, 6.07) is 10.8. The second kappa shape index (κ2) is 7.25. The SMILES string of the molecule is CCNC(c1cccc(OC)c1)c1ccc(Br)c(Cl)c1F. The van der Waals surface area contributed by atoms with Gasteiger partial charge in [-0.3, -0.25) is 0 Å². The van der Waals surface area contributed by atoms with Gasteiger partial charge in [0.1, 0.15) is 11.6 Å². The van der Waals surface area contributed by atoms with Gasteiger partial charge in [0.25, 0.3) is 0 Å².